The molecule has 0 fully saturated rings. The van der Waals surface area contributed by atoms with E-state index in [1.54, 1.807) is 17.2 Å². The normalized spacial score (nSPS) is 12.5. The van der Waals surface area contributed by atoms with Gasteiger partial charge in [0.25, 0.3) is 0 Å². The van der Waals surface area contributed by atoms with Crippen LogP contribution in [0.1, 0.15) is 24.5 Å². The maximum Gasteiger partial charge on any atom is 0.131 e. The zero-order valence-corrected chi connectivity index (χ0v) is 11.2. The van der Waals surface area contributed by atoms with E-state index in [0.29, 0.717) is 5.69 Å². The van der Waals surface area contributed by atoms with Crippen LogP contribution in [0.15, 0.2) is 48.9 Å². The molecule has 2 aromatic heterocycles. The SMILES string of the molecule is CCn1ccnc1C(N)c1cnn(-c2ccccc2)n1. The summed E-state index contributed by atoms with van der Waals surface area (Å²) in [7, 11) is 0. The molecule has 3 aromatic rings. The monoisotopic (exact) mass is 268 g/mol. The molecular weight excluding hydrogens is 252 g/mol. The van der Waals surface area contributed by atoms with Gasteiger partial charge in [-0.1, -0.05) is 18.2 Å². The minimum atomic E-state index is -0.373. The third-order valence-corrected chi connectivity index (χ3v) is 3.18. The van der Waals surface area contributed by atoms with Gasteiger partial charge in [0.1, 0.15) is 17.6 Å². The minimum absolute atomic E-state index is 0.373. The van der Waals surface area contributed by atoms with Gasteiger partial charge in [-0.05, 0) is 19.1 Å². The molecule has 1 unspecified atom stereocenters. The third kappa shape index (κ3) is 2.21. The Kier molecular flexibility index (Phi) is 3.30. The molecule has 0 aliphatic carbocycles. The average Bonchev–Trinajstić information content (AvgIpc) is 3.16. The van der Waals surface area contributed by atoms with Crippen LogP contribution in [0, 0.1) is 0 Å². The van der Waals surface area contributed by atoms with E-state index in [9.17, 15) is 0 Å². The molecule has 0 aliphatic rings. The van der Waals surface area contributed by atoms with Crippen molar-refractivity contribution in [1.29, 1.82) is 0 Å². The molecule has 0 saturated heterocycles. The molecule has 3 rings (SSSR count). The molecule has 0 spiro atoms. The summed E-state index contributed by atoms with van der Waals surface area (Å²) in [6.07, 6.45) is 5.35. The van der Waals surface area contributed by atoms with Crippen molar-refractivity contribution in [3.63, 3.8) is 0 Å². The van der Waals surface area contributed by atoms with Gasteiger partial charge >= 0.3 is 0 Å². The van der Waals surface area contributed by atoms with Crippen molar-refractivity contribution in [2.45, 2.75) is 19.5 Å². The van der Waals surface area contributed by atoms with E-state index in [4.69, 9.17) is 5.73 Å². The summed E-state index contributed by atoms with van der Waals surface area (Å²) in [5, 5.41) is 8.70. The van der Waals surface area contributed by atoms with E-state index in [1.165, 1.54) is 0 Å². The fourth-order valence-corrected chi connectivity index (χ4v) is 2.10. The number of nitrogens with zero attached hydrogens (tertiary/aromatic N) is 5. The molecule has 0 radical (unpaired) electrons. The Morgan fingerprint density at radius 1 is 1.25 bits per heavy atom. The standard InChI is InChI=1S/C14H16N6/c1-2-19-9-8-16-14(19)13(15)12-10-17-20(18-12)11-6-4-3-5-7-11/h3-10,13H,2,15H2,1H3. The highest BCUT2D eigenvalue weighted by Crippen LogP contribution is 2.16. The lowest BCUT2D eigenvalue weighted by Crippen LogP contribution is -2.18. The van der Waals surface area contributed by atoms with Gasteiger partial charge in [-0.15, -0.1) is 0 Å². The Bertz CT molecular complexity index is 685. The van der Waals surface area contributed by atoms with Gasteiger partial charge < -0.3 is 10.3 Å². The third-order valence-electron chi connectivity index (χ3n) is 3.18. The second-order valence-electron chi connectivity index (χ2n) is 4.44. The first-order valence-electron chi connectivity index (χ1n) is 6.54. The number of aromatic nitrogens is 5. The van der Waals surface area contributed by atoms with Crippen LogP contribution in [-0.4, -0.2) is 24.5 Å². The lowest BCUT2D eigenvalue weighted by molar-refractivity contribution is 0.637. The van der Waals surface area contributed by atoms with E-state index in [0.717, 1.165) is 18.1 Å². The highest BCUT2D eigenvalue weighted by atomic mass is 15.5. The second-order valence-corrected chi connectivity index (χ2v) is 4.44. The van der Waals surface area contributed by atoms with Crippen LogP contribution < -0.4 is 5.73 Å². The smallest absolute Gasteiger partial charge is 0.131 e. The van der Waals surface area contributed by atoms with Crippen molar-refractivity contribution < 1.29 is 0 Å². The Morgan fingerprint density at radius 2 is 2.05 bits per heavy atom. The zero-order chi connectivity index (χ0) is 13.9. The lowest BCUT2D eigenvalue weighted by Gasteiger charge is -2.09. The number of aryl methyl sites for hydroxylation is 1. The van der Waals surface area contributed by atoms with Gasteiger partial charge in [-0.25, -0.2) is 4.98 Å². The quantitative estimate of drug-likeness (QED) is 0.778. The molecule has 6 heteroatoms. The fourth-order valence-electron chi connectivity index (χ4n) is 2.10. The van der Waals surface area contributed by atoms with Gasteiger partial charge in [-0.3, -0.25) is 0 Å². The minimum Gasteiger partial charge on any atom is -0.334 e. The summed E-state index contributed by atoms with van der Waals surface area (Å²) >= 11 is 0. The van der Waals surface area contributed by atoms with Gasteiger partial charge in [0.05, 0.1) is 11.9 Å². The van der Waals surface area contributed by atoms with Crippen molar-refractivity contribution in [2.24, 2.45) is 5.73 Å². The van der Waals surface area contributed by atoms with Crippen molar-refractivity contribution in [3.05, 3.63) is 60.4 Å². The topological polar surface area (TPSA) is 74.6 Å². The van der Waals surface area contributed by atoms with Crippen molar-refractivity contribution >= 4 is 0 Å². The molecular formula is C14H16N6. The first kappa shape index (κ1) is 12.6. The van der Waals surface area contributed by atoms with E-state index >= 15 is 0 Å². The van der Waals surface area contributed by atoms with E-state index in [2.05, 4.69) is 22.1 Å². The summed E-state index contributed by atoms with van der Waals surface area (Å²) in [5.74, 6) is 0.799. The Balaban J connectivity index is 1.91. The predicted octanol–water partition coefficient (Wildman–Crippen LogP) is 1.53. The molecule has 102 valence electrons. The van der Waals surface area contributed by atoms with E-state index in [1.807, 2.05) is 41.1 Å². The molecule has 0 amide bonds. The summed E-state index contributed by atoms with van der Waals surface area (Å²) in [6.45, 7) is 2.88. The van der Waals surface area contributed by atoms with Crippen molar-refractivity contribution in [1.82, 2.24) is 24.5 Å². The molecule has 2 N–H and O–H groups in total. The van der Waals surface area contributed by atoms with E-state index in [-0.39, 0.29) is 6.04 Å². The maximum absolute atomic E-state index is 6.23. The van der Waals surface area contributed by atoms with Crippen LogP contribution in [-0.2, 0) is 6.54 Å². The van der Waals surface area contributed by atoms with Crippen LogP contribution >= 0.6 is 0 Å². The number of hydrogen-bond acceptors (Lipinski definition) is 4. The number of imidazole rings is 1. The predicted molar refractivity (Wildman–Crippen MR) is 75.3 cm³/mol. The van der Waals surface area contributed by atoms with Crippen molar-refractivity contribution in [3.8, 4) is 5.69 Å². The van der Waals surface area contributed by atoms with Crippen LogP contribution in [0.5, 0.6) is 0 Å². The van der Waals surface area contributed by atoms with Gasteiger partial charge in [0.15, 0.2) is 0 Å². The number of para-hydroxylation sites is 1. The van der Waals surface area contributed by atoms with Gasteiger partial charge in [0.2, 0.25) is 0 Å². The van der Waals surface area contributed by atoms with Gasteiger partial charge in [0, 0.05) is 18.9 Å². The van der Waals surface area contributed by atoms with Crippen molar-refractivity contribution in [2.75, 3.05) is 0 Å². The molecule has 1 aromatic carbocycles. The van der Waals surface area contributed by atoms with Crippen LogP contribution in [0.25, 0.3) is 5.69 Å². The second kappa shape index (κ2) is 5.26. The zero-order valence-electron chi connectivity index (χ0n) is 11.2. The lowest BCUT2D eigenvalue weighted by atomic mass is 10.2. The first-order valence-corrected chi connectivity index (χ1v) is 6.54. The number of benzene rings is 1. The molecule has 6 nitrogen and oxygen atoms in total. The van der Waals surface area contributed by atoms with Crippen LogP contribution in [0.2, 0.25) is 0 Å². The summed E-state index contributed by atoms with van der Waals surface area (Å²) in [5.41, 5.74) is 7.84. The van der Waals surface area contributed by atoms with Crippen LogP contribution in [0.4, 0.5) is 0 Å². The van der Waals surface area contributed by atoms with Gasteiger partial charge in [-0.2, -0.15) is 15.0 Å². The molecule has 2 heterocycles. The van der Waals surface area contributed by atoms with E-state index < -0.39 is 0 Å². The fraction of sp³-hybridized carbons (Fsp3) is 0.214. The number of rotatable bonds is 4. The highest BCUT2D eigenvalue weighted by Gasteiger charge is 2.17. The Hall–Kier alpha value is -2.47. The molecule has 1 atom stereocenters. The largest absolute Gasteiger partial charge is 0.334 e. The highest BCUT2D eigenvalue weighted by molar-refractivity contribution is 5.29. The average molecular weight is 268 g/mol. The first-order chi connectivity index (χ1) is 9.79. The summed E-state index contributed by atoms with van der Waals surface area (Å²) in [4.78, 5) is 5.88. The molecule has 0 bridgehead atoms. The number of hydrogen-bond donors (Lipinski definition) is 1. The Labute approximate surface area is 116 Å². The summed E-state index contributed by atoms with van der Waals surface area (Å²) in [6, 6.07) is 9.37. The molecule has 0 saturated carbocycles. The Morgan fingerprint density at radius 3 is 2.80 bits per heavy atom. The molecule has 20 heavy (non-hydrogen) atoms. The molecule has 0 aliphatic heterocycles. The maximum atomic E-state index is 6.23. The summed E-state index contributed by atoms with van der Waals surface area (Å²) < 4.78 is 2.01. The van der Waals surface area contributed by atoms with Crippen LogP contribution in [0.3, 0.4) is 0 Å². The number of nitrogens with two attached hydrogens (primary N) is 1.